The topological polar surface area (TPSA) is 48.4 Å². The smallest absolute Gasteiger partial charge is 0.317 e. The normalized spacial score (nSPS) is 13.4. The first-order chi connectivity index (χ1) is 8.43. The number of hydrogen-bond donors (Lipinski definition) is 0. The summed E-state index contributed by atoms with van der Waals surface area (Å²) in [5.41, 5.74) is 0.0706. The summed E-state index contributed by atoms with van der Waals surface area (Å²) in [6.07, 6.45) is 0. The summed E-state index contributed by atoms with van der Waals surface area (Å²) in [6, 6.07) is 0. The second-order valence-corrected chi connectivity index (χ2v) is 5.66. The lowest BCUT2D eigenvalue weighted by molar-refractivity contribution is -0.148. The minimum atomic E-state index is -0.697. The van der Waals surface area contributed by atoms with E-state index in [9.17, 15) is 4.79 Å². The van der Waals surface area contributed by atoms with Crippen molar-refractivity contribution < 1.29 is 14.3 Å². The van der Waals surface area contributed by atoms with Crippen molar-refractivity contribution in [1.29, 1.82) is 0 Å². The Morgan fingerprint density at radius 3 is 2.78 bits per heavy atom. The molecular weight excluding hydrogens is 250 g/mol. The molecule has 1 atom stereocenters. The summed E-state index contributed by atoms with van der Waals surface area (Å²) in [5, 5.41) is 2.92. The SMILES string of the molecule is CCOC(=O)C(C)(C)c1csc(C(C)COC)n1. The van der Waals surface area contributed by atoms with Crippen molar-refractivity contribution in [2.75, 3.05) is 20.3 Å². The second kappa shape index (κ2) is 6.29. The van der Waals surface area contributed by atoms with Crippen LogP contribution in [0.15, 0.2) is 5.38 Å². The standard InChI is InChI=1S/C13H21NO3S/c1-6-17-12(15)13(3,4)10-8-18-11(14-10)9(2)7-16-5/h8-9H,6-7H2,1-5H3. The fraction of sp³-hybridized carbons (Fsp3) is 0.692. The number of nitrogens with zero attached hydrogens (tertiary/aromatic N) is 1. The van der Waals surface area contributed by atoms with Gasteiger partial charge in [0.1, 0.15) is 5.41 Å². The molecular formula is C13H21NO3S. The van der Waals surface area contributed by atoms with E-state index in [1.807, 2.05) is 19.2 Å². The Labute approximate surface area is 112 Å². The maximum Gasteiger partial charge on any atom is 0.317 e. The maximum absolute atomic E-state index is 11.9. The summed E-state index contributed by atoms with van der Waals surface area (Å²) in [6.45, 7) is 8.56. The molecule has 0 aliphatic heterocycles. The minimum Gasteiger partial charge on any atom is -0.465 e. The first-order valence-electron chi connectivity index (χ1n) is 6.05. The number of esters is 1. The maximum atomic E-state index is 11.9. The van der Waals surface area contributed by atoms with E-state index in [1.54, 1.807) is 25.4 Å². The molecule has 1 aromatic rings. The summed E-state index contributed by atoms with van der Waals surface area (Å²) >= 11 is 1.56. The van der Waals surface area contributed by atoms with Crippen LogP contribution >= 0.6 is 11.3 Å². The van der Waals surface area contributed by atoms with Crippen LogP contribution in [-0.4, -0.2) is 31.3 Å². The second-order valence-electron chi connectivity index (χ2n) is 4.77. The van der Waals surface area contributed by atoms with Crippen molar-refractivity contribution in [1.82, 2.24) is 4.98 Å². The molecule has 0 saturated carbocycles. The zero-order valence-electron chi connectivity index (χ0n) is 11.6. The van der Waals surface area contributed by atoms with Crippen LogP contribution in [-0.2, 0) is 19.7 Å². The molecule has 0 amide bonds. The molecule has 0 aliphatic rings. The lowest BCUT2D eigenvalue weighted by Gasteiger charge is -2.19. The molecule has 0 aromatic carbocycles. The van der Waals surface area contributed by atoms with Crippen LogP contribution in [0.4, 0.5) is 0 Å². The van der Waals surface area contributed by atoms with Crippen LogP contribution in [0.2, 0.25) is 0 Å². The molecule has 1 unspecified atom stereocenters. The molecule has 0 bridgehead atoms. The Morgan fingerprint density at radius 1 is 1.56 bits per heavy atom. The van der Waals surface area contributed by atoms with Crippen molar-refractivity contribution in [2.45, 2.75) is 39.0 Å². The van der Waals surface area contributed by atoms with Crippen LogP contribution in [0.25, 0.3) is 0 Å². The van der Waals surface area contributed by atoms with Gasteiger partial charge in [-0.3, -0.25) is 4.79 Å². The zero-order chi connectivity index (χ0) is 13.8. The van der Waals surface area contributed by atoms with Gasteiger partial charge in [0, 0.05) is 18.4 Å². The Kier molecular flexibility index (Phi) is 5.28. The molecule has 1 heterocycles. The molecule has 5 heteroatoms. The van der Waals surface area contributed by atoms with Crippen LogP contribution in [0.1, 0.15) is 44.3 Å². The summed E-state index contributed by atoms with van der Waals surface area (Å²) < 4.78 is 10.2. The fourth-order valence-electron chi connectivity index (χ4n) is 1.54. The van der Waals surface area contributed by atoms with Gasteiger partial charge in [0.25, 0.3) is 0 Å². The molecule has 4 nitrogen and oxygen atoms in total. The number of aromatic nitrogens is 1. The Hall–Kier alpha value is -0.940. The first-order valence-corrected chi connectivity index (χ1v) is 6.93. The van der Waals surface area contributed by atoms with Crippen LogP contribution in [0.3, 0.4) is 0 Å². The van der Waals surface area contributed by atoms with E-state index in [0.717, 1.165) is 10.7 Å². The van der Waals surface area contributed by atoms with E-state index in [0.29, 0.717) is 13.2 Å². The third-order valence-corrected chi connectivity index (χ3v) is 3.86. The van der Waals surface area contributed by atoms with E-state index < -0.39 is 5.41 Å². The average molecular weight is 271 g/mol. The van der Waals surface area contributed by atoms with Gasteiger partial charge in [-0.25, -0.2) is 4.98 Å². The summed E-state index contributed by atoms with van der Waals surface area (Å²) in [7, 11) is 1.67. The van der Waals surface area contributed by atoms with Crippen molar-refractivity contribution >= 4 is 17.3 Å². The van der Waals surface area contributed by atoms with Gasteiger partial charge in [-0.05, 0) is 20.8 Å². The van der Waals surface area contributed by atoms with E-state index in [-0.39, 0.29) is 11.9 Å². The quantitative estimate of drug-likeness (QED) is 0.746. The van der Waals surface area contributed by atoms with Gasteiger partial charge < -0.3 is 9.47 Å². The lowest BCUT2D eigenvalue weighted by atomic mass is 9.90. The third kappa shape index (κ3) is 3.29. The molecule has 102 valence electrons. The van der Waals surface area contributed by atoms with Crippen LogP contribution in [0, 0.1) is 0 Å². The van der Waals surface area contributed by atoms with Crippen molar-refractivity contribution in [3.63, 3.8) is 0 Å². The fourth-order valence-corrected chi connectivity index (χ4v) is 2.57. The van der Waals surface area contributed by atoms with E-state index in [2.05, 4.69) is 11.9 Å². The lowest BCUT2D eigenvalue weighted by Crippen LogP contribution is -2.31. The van der Waals surface area contributed by atoms with Crippen molar-refractivity contribution in [2.24, 2.45) is 0 Å². The number of methoxy groups -OCH3 is 1. The third-order valence-electron chi connectivity index (χ3n) is 2.79. The number of ether oxygens (including phenoxy) is 2. The molecule has 0 radical (unpaired) electrons. The largest absolute Gasteiger partial charge is 0.465 e. The molecule has 0 saturated heterocycles. The van der Waals surface area contributed by atoms with Gasteiger partial charge in [-0.15, -0.1) is 11.3 Å². The molecule has 0 spiro atoms. The molecule has 0 fully saturated rings. The summed E-state index contributed by atoms with van der Waals surface area (Å²) in [4.78, 5) is 16.4. The zero-order valence-corrected chi connectivity index (χ0v) is 12.5. The van der Waals surface area contributed by atoms with Crippen molar-refractivity contribution in [3.05, 3.63) is 16.1 Å². The van der Waals surface area contributed by atoms with Gasteiger partial charge in [0.05, 0.1) is 23.9 Å². The Bertz CT molecular complexity index is 401. The van der Waals surface area contributed by atoms with Gasteiger partial charge in [0.15, 0.2) is 0 Å². The number of rotatable bonds is 6. The minimum absolute atomic E-state index is 0.235. The number of carbonyl (C=O) groups is 1. The molecule has 1 aromatic heterocycles. The molecule has 18 heavy (non-hydrogen) atoms. The van der Waals surface area contributed by atoms with Crippen LogP contribution < -0.4 is 0 Å². The van der Waals surface area contributed by atoms with E-state index >= 15 is 0 Å². The average Bonchev–Trinajstić information content (AvgIpc) is 2.79. The molecule has 0 aliphatic carbocycles. The number of hydrogen-bond acceptors (Lipinski definition) is 5. The Balaban J connectivity index is 2.87. The monoisotopic (exact) mass is 271 g/mol. The highest BCUT2D eigenvalue weighted by molar-refractivity contribution is 7.09. The van der Waals surface area contributed by atoms with E-state index in [4.69, 9.17) is 9.47 Å². The van der Waals surface area contributed by atoms with Gasteiger partial charge in [-0.1, -0.05) is 6.92 Å². The van der Waals surface area contributed by atoms with Gasteiger partial charge >= 0.3 is 5.97 Å². The van der Waals surface area contributed by atoms with Crippen LogP contribution in [0.5, 0.6) is 0 Å². The highest BCUT2D eigenvalue weighted by Gasteiger charge is 2.34. The predicted molar refractivity (Wildman–Crippen MR) is 72.1 cm³/mol. The van der Waals surface area contributed by atoms with Gasteiger partial charge in [0.2, 0.25) is 0 Å². The number of thiazole rings is 1. The van der Waals surface area contributed by atoms with E-state index in [1.165, 1.54) is 0 Å². The summed E-state index contributed by atoms with van der Waals surface area (Å²) in [5.74, 6) is 0.00740. The first kappa shape index (κ1) is 15.1. The van der Waals surface area contributed by atoms with Gasteiger partial charge in [-0.2, -0.15) is 0 Å². The molecule has 1 rings (SSSR count). The number of carbonyl (C=O) groups excluding carboxylic acids is 1. The highest BCUT2D eigenvalue weighted by Crippen LogP contribution is 2.29. The van der Waals surface area contributed by atoms with Crippen molar-refractivity contribution in [3.8, 4) is 0 Å². The highest BCUT2D eigenvalue weighted by atomic mass is 32.1. The molecule has 0 N–H and O–H groups in total. The Morgan fingerprint density at radius 2 is 2.22 bits per heavy atom. The predicted octanol–water partition coefficient (Wildman–Crippen LogP) is 2.73.